The average Bonchev–Trinajstić information content (AvgIpc) is 2.99. The molecule has 0 unspecified atom stereocenters. The van der Waals surface area contributed by atoms with Gasteiger partial charge in [0.25, 0.3) is 5.91 Å². The van der Waals surface area contributed by atoms with E-state index >= 15 is 0 Å². The van der Waals surface area contributed by atoms with Crippen LogP contribution in [0.3, 0.4) is 0 Å². The molecule has 1 amide bonds. The lowest BCUT2D eigenvalue weighted by Gasteiger charge is -2.08. The molecule has 0 spiro atoms. The van der Waals surface area contributed by atoms with E-state index in [2.05, 4.69) is 17.2 Å². The van der Waals surface area contributed by atoms with Gasteiger partial charge in [-0.05, 0) is 31.5 Å². The first-order chi connectivity index (χ1) is 11.6. The number of carbonyl (C=O) groups is 1. The van der Waals surface area contributed by atoms with Crippen molar-refractivity contribution in [1.29, 1.82) is 0 Å². The van der Waals surface area contributed by atoms with Crippen molar-refractivity contribution in [2.75, 3.05) is 20.8 Å². The van der Waals surface area contributed by atoms with Gasteiger partial charge >= 0.3 is 0 Å². The van der Waals surface area contributed by atoms with Crippen molar-refractivity contribution in [3.8, 4) is 22.1 Å². The summed E-state index contributed by atoms with van der Waals surface area (Å²) in [6.45, 7) is 4.71. The van der Waals surface area contributed by atoms with Crippen LogP contribution in [0.5, 0.6) is 11.5 Å². The van der Waals surface area contributed by atoms with E-state index in [1.54, 1.807) is 14.2 Å². The van der Waals surface area contributed by atoms with Gasteiger partial charge in [0.2, 0.25) is 0 Å². The number of benzene rings is 1. The fraction of sp³-hybridized carbons (Fsp3) is 0.444. The van der Waals surface area contributed by atoms with Gasteiger partial charge in [0.1, 0.15) is 9.88 Å². The Hall–Kier alpha value is -2.08. The molecule has 0 fully saturated rings. The molecule has 0 saturated carbocycles. The molecule has 0 atom stereocenters. The Morgan fingerprint density at radius 3 is 2.62 bits per heavy atom. The first-order valence-electron chi connectivity index (χ1n) is 8.08. The second-order valence-corrected chi connectivity index (χ2v) is 6.47. The average molecular weight is 348 g/mol. The summed E-state index contributed by atoms with van der Waals surface area (Å²) >= 11 is 1.40. The molecule has 0 aliphatic rings. The fourth-order valence-electron chi connectivity index (χ4n) is 2.36. The van der Waals surface area contributed by atoms with Gasteiger partial charge in [0.05, 0.1) is 19.9 Å². The van der Waals surface area contributed by atoms with Gasteiger partial charge in [-0.1, -0.05) is 19.8 Å². The summed E-state index contributed by atoms with van der Waals surface area (Å²) in [4.78, 5) is 17.5. The summed E-state index contributed by atoms with van der Waals surface area (Å²) in [7, 11) is 3.20. The number of nitrogens with zero attached hydrogens (tertiary/aromatic N) is 1. The number of rotatable bonds is 8. The summed E-state index contributed by atoms with van der Waals surface area (Å²) < 4.78 is 10.6. The van der Waals surface area contributed by atoms with Crippen molar-refractivity contribution in [2.24, 2.45) is 0 Å². The maximum atomic E-state index is 12.3. The highest BCUT2D eigenvalue weighted by molar-refractivity contribution is 7.17. The van der Waals surface area contributed by atoms with Crippen LogP contribution in [-0.4, -0.2) is 31.7 Å². The normalized spacial score (nSPS) is 10.5. The number of amides is 1. The molecule has 1 aromatic heterocycles. The molecule has 1 aromatic carbocycles. The van der Waals surface area contributed by atoms with Gasteiger partial charge < -0.3 is 14.8 Å². The molecular weight excluding hydrogens is 324 g/mol. The Bertz CT molecular complexity index is 698. The number of unbranched alkanes of at least 4 members (excludes halogenated alkanes) is 2. The van der Waals surface area contributed by atoms with Crippen molar-refractivity contribution < 1.29 is 14.3 Å². The van der Waals surface area contributed by atoms with Crippen molar-refractivity contribution in [3.63, 3.8) is 0 Å². The van der Waals surface area contributed by atoms with Gasteiger partial charge in [0.15, 0.2) is 11.5 Å². The van der Waals surface area contributed by atoms with E-state index < -0.39 is 0 Å². The minimum Gasteiger partial charge on any atom is -0.493 e. The number of ether oxygens (including phenoxy) is 2. The van der Waals surface area contributed by atoms with Crippen LogP contribution in [0.15, 0.2) is 18.2 Å². The molecule has 2 rings (SSSR count). The summed E-state index contributed by atoms with van der Waals surface area (Å²) in [5, 5.41) is 3.77. The molecule has 0 saturated heterocycles. The molecule has 0 aliphatic heterocycles. The molecule has 0 radical (unpaired) electrons. The third-order valence-electron chi connectivity index (χ3n) is 3.70. The molecule has 1 heterocycles. The summed E-state index contributed by atoms with van der Waals surface area (Å²) in [5.74, 6) is 1.27. The van der Waals surface area contributed by atoms with Gasteiger partial charge in [-0.2, -0.15) is 0 Å². The molecule has 24 heavy (non-hydrogen) atoms. The van der Waals surface area contributed by atoms with Crippen LogP contribution >= 0.6 is 11.3 Å². The topological polar surface area (TPSA) is 60.5 Å². The molecule has 0 aliphatic carbocycles. The monoisotopic (exact) mass is 348 g/mol. The summed E-state index contributed by atoms with van der Waals surface area (Å²) in [5.41, 5.74) is 1.66. The number of hydrogen-bond acceptors (Lipinski definition) is 5. The zero-order valence-corrected chi connectivity index (χ0v) is 15.5. The Morgan fingerprint density at radius 1 is 1.21 bits per heavy atom. The van der Waals surface area contributed by atoms with Crippen molar-refractivity contribution >= 4 is 17.2 Å². The first kappa shape index (κ1) is 18.3. The first-order valence-corrected chi connectivity index (χ1v) is 8.90. The fourth-order valence-corrected chi connectivity index (χ4v) is 3.34. The standard InChI is InChI=1S/C18H24N2O3S/c1-5-6-7-10-19-17(21)16-12(2)20-18(24-16)13-8-9-14(22-3)15(11-13)23-4/h8-9,11H,5-7,10H2,1-4H3,(H,19,21). The van der Waals surface area contributed by atoms with Gasteiger partial charge in [-0.15, -0.1) is 11.3 Å². The van der Waals surface area contributed by atoms with Crippen molar-refractivity contribution in [2.45, 2.75) is 33.1 Å². The van der Waals surface area contributed by atoms with Gasteiger partial charge in [-0.3, -0.25) is 4.79 Å². The Kier molecular flexibility index (Phi) is 6.61. The van der Waals surface area contributed by atoms with Crippen LogP contribution in [0.25, 0.3) is 10.6 Å². The minimum absolute atomic E-state index is 0.0483. The number of hydrogen-bond donors (Lipinski definition) is 1. The number of thiazole rings is 1. The minimum atomic E-state index is -0.0483. The Morgan fingerprint density at radius 2 is 1.96 bits per heavy atom. The van der Waals surface area contributed by atoms with Crippen molar-refractivity contribution in [1.82, 2.24) is 10.3 Å². The van der Waals surface area contributed by atoms with Crippen LogP contribution in [0, 0.1) is 6.92 Å². The number of aromatic nitrogens is 1. The van der Waals surface area contributed by atoms with Crippen LogP contribution in [0.1, 0.15) is 41.6 Å². The Balaban J connectivity index is 2.17. The summed E-state index contributed by atoms with van der Waals surface area (Å²) in [6.07, 6.45) is 3.26. The van der Waals surface area contributed by atoms with E-state index in [0.29, 0.717) is 22.9 Å². The lowest BCUT2D eigenvalue weighted by molar-refractivity contribution is 0.0956. The van der Waals surface area contributed by atoms with Crippen LogP contribution < -0.4 is 14.8 Å². The molecule has 0 bridgehead atoms. The highest BCUT2D eigenvalue weighted by Crippen LogP contribution is 2.34. The van der Waals surface area contributed by atoms with E-state index in [9.17, 15) is 4.79 Å². The largest absolute Gasteiger partial charge is 0.493 e. The molecule has 1 N–H and O–H groups in total. The highest BCUT2D eigenvalue weighted by Gasteiger charge is 2.17. The van der Waals surface area contributed by atoms with E-state index in [1.165, 1.54) is 11.3 Å². The smallest absolute Gasteiger partial charge is 0.263 e. The van der Waals surface area contributed by atoms with Crippen LogP contribution in [0.4, 0.5) is 0 Å². The predicted octanol–water partition coefficient (Wildman–Crippen LogP) is 4.06. The third-order valence-corrected chi connectivity index (χ3v) is 4.90. The Labute approximate surface area is 147 Å². The highest BCUT2D eigenvalue weighted by atomic mass is 32.1. The quantitative estimate of drug-likeness (QED) is 0.731. The van der Waals surface area contributed by atoms with E-state index in [0.717, 1.165) is 35.5 Å². The van der Waals surface area contributed by atoms with Gasteiger partial charge in [0, 0.05) is 12.1 Å². The lowest BCUT2D eigenvalue weighted by Crippen LogP contribution is -2.24. The van der Waals surface area contributed by atoms with Crippen molar-refractivity contribution in [3.05, 3.63) is 28.8 Å². The third kappa shape index (κ3) is 4.26. The van der Waals surface area contributed by atoms with E-state index in [4.69, 9.17) is 9.47 Å². The molecule has 6 heteroatoms. The van der Waals surface area contributed by atoms with E-state index in [1.807, 2.05) is 25.1 Å². The zero-order valence-electron chi connectivity index (χ0n) is 14.6. The van der Waals surface area contributed by atoms with Crippen LogP contribution in [0.2, 0.25) is 0 Å². The number of nitrogens with one attached hydrogen (secondary N) is 1. The zero-order chi connectivity index (χ0) is 17.5. The maximum Gasteiger partial charge on any atom is 0.263 e. The molecule has 130 valence electrons. The second-order valence-electron chi connectivity index (χ2n) is 5.47. The number of carbonyl (C=O) groups excluding carboxylic acids is 1. The SMILES string of the molecule is CCCCCNC(=O)c1sc(-c2ccc(OC)c(OC)c2)nc1C. The predicted molar refractivity (Wildman–Crippen MR) is 97.2 cm³/mol. The van der Waals surface area contributed by atoms with Crippen LogP contribution in [-0.2, 0) is 0 Å². The molecule has 5 nitrogen and oxygen atoms in total. The molecular formula is C18H24N2O3S. The summed E-state index contributed by atoms with van der Waals surface area (Å²) in [6, 6.07) is 5.64. The lowest BCUT2D eigenvalue weighted by atomic mass is 10.2. The maximum absolute atomic E-state index is 12.3. The van der Waals surface area contributed by atoms with Gasteiger partial charge in [-0.25, -0.2) is 4.98 Å². The number of methoxy groups -OCH3 is 2. The van der Waals surface area contributed by atoms with E-state index in [-0.39, 0.29) is 5.91 Å². The number of aryl methyl sites for hydroxylation is 1. The molecule has 2 aromatic rings. The second kappa shape index (κ2) is 8.68.